The molecule has 0 spiro atoms. The molecule has 6 nitrogen and oxygen atoms in total. The quantitative estimate of drug-likeness (QED) is 0.252. The van der Waals surface area contributed by atoms with Crippen molar-refractivity contribution in [1.29, 1.82) is 0 Å². The van der Waals surface area contributed by atoms with Gasteiger partial charge in [0.15, 0.2) is 5.78 Å². The summed E-state index contributed by atoms with van der Waals surface area (Å²) in [5.74, 6) is -2.25. The molecule has 0 radical (unpaired) electrons. The lowest BCUT2D eigenvalue weighted by Gasteiger charge is -2.22. The second-order valence-electron chi connectivity index (χ2n) is 5.14. The van der Waals surface area contributed by atoms with E-state index in [1.165, 1.54) is 0 Å². The van der Waals surface area contributed by atoms with Crippen LogP contribution in [-0.4, -0.2) is 31.6 Å². The molecule has 0 aliphatic carbocycles. The van der Waals surface area contributed by atoms with E-state index in [1.54, 1.807) is 51.1 Å². The van der Waals surface area contributed by atoms with Gasteiger partial charge in [0.05, 0.1) is 19.8 Å². The summed E-state index contributed by atoms with van der Waals surface area (Å²) in [7, 11) is -3.61. The van der Waals surface area contributed by atoms with E-state index in [1.807, 2.05) is 0 Å². The first-order chi connectivity index (χ1) is 11.9. The van der Waals surface area contributed by atoms with Crippen LogP contribution < -0.4 is 0 Å². The maximum absolute atomic E-state index is 12.8. The van der Waals surface area contributed by atoms with Crippen LogP contribution in [0.15, 0.2) is 42.2 Å². The van der Waals surface area contributed by atoms with Crippen LogP contribution in [0, 0.1) is 5.92 Å². The van der Waals surface area contributed by atoms with Crippen molar-refractivity contribution in [2.45, 2.75) is 27.2 Å². The Kier molecular flexibility index (Phi) is 8.76. The SMILES string of the molecule is C=C(CC(C(=O)OCC)C(=O)c1ccccc1)P(=O)(OCC)OCC. The highest BCUT2D eigenvalue weighted by atomic mass is 31.2. The summed E-state index contributed by atoms with van der Waals surface area (Å²) >= 11 is 0. The van der Waals surface area contributed by atoms with Crippen LogP contribution in [0.25, 0.3) is 0 Å². The molecule has 138 valence electrons. The van der Waals surface area contributed by atoms with Gasteiger partial charge in [-0.3, -0.25) is 14.2 Å². The molecule has 1 unspecified atom stereocenters. The highest BCUT2D eigenvalue weighted by Gasteiger charge is 2.36. The van der Waals surface area contributed by atoms with E-state index in [0.29, 0.717) is 5.56 Å². The number of benzene rings is 1. The highest BCUT2D eigenvalue weighted by molar-refractivity contribution is 7.58. The van der Waals surface area contributed by atoms with E-state index < -0.39 is 25.3 Å². The summed E-state index contributed by atoms with van der Waals surface area (Å²) in [5.41, 5.74) is 0.371. The first-order valence-electron chi connectivity index (χ1n) is 8.22. The molecule has 0 bridgehead atoms. The second kappa shape index (κ2) is 10.3. The van der Waals surface area contributed by atoms with Crippen LogP contribution in [0.1, 0.15) is 37.6 Å². The van der Waals surface area contributed by atoms with Gasteiger partial charge in [0.1, 0.15) is 5.92 Å². The minimum Gasteiger partial charge on any atom is -0.465 e. The van der Waals surface area contributed by atoms with E-state index >= 15 is 0 Å². The molecule has 0 saturated carbocycles. The monoisotopic (exact) mass is 368 g/mol. The molecular formula is C18H25O6P. The Morgan fingerprint density at radius 2 is 1.60 bits per heavy atom. The molecule has 0 fully saturated rings. The highest BCUT2D eigenvalue weighted by Crippen LogP contribution is 2.57. The number of hydrogen-bond donors (Lipinski definition) is 0. The topological polar surface area (TPSA) is 78.9 Å². The second-order valence-corrected chi connectivity index (χ2v) is 7.28. The zero-order chi connectivity index (χ0) is 18.9. The normalized spacial score (nSPS) is 12.4. The van der Waals surface area contributed by atoms with Crippen molar-refractivity contribution < 1.29 is 27.9 Å². The van der Waals surface area contributed by atoms with Crippen LogP contribution in [-0.2, 0) is 23.1 Å². The molecule has 1 aromatic carbocycles. The zero-order valence-electron chi connectivity index (χ0n) is 14.9. The number of carbonyl (C=O) groups is 2. The van der Waals surface area contributed by atoms with Crippen molar-refractivity contribution in [2.24, 2.45) is 5.92 Å². The number of ketones is 1. The Morgan fingerprint density at radius 3 is 2.08 bits per heavy atom. The van der Waals surface area contributed by atoms with E-state index in [4.69, 9.17) is 13.8 Å². The van der Waals surface area contributed by atoms with Crippen molar-refractivity contribution in [1.82, 2.24) is 0 Å². The maximum atomic E-state index is 12.8. The van der Waals surface area contributed by atoms with E-state index in [2.05, 4.69) is 6.58 Å². The fourth-order valence-corrected chi connectivity index (χ4v) is 3.76. The molecule has 0 aliphatic rings. The van der Waals surface area contributed by atoms with Gasteiger partial charge in [0.2, 0.25) is 0 Å². The Bertz CT molecular complexity index is 630. The molecule has 0 saturated heterocycles. The largest absolute Gasteiger partial charge is 0.465 e. The molecule has 0 heterocycles. The summed E-state index contributed by atoms with van der Waals surface area (Å²) in [6.45, 7) is 9.22. The number of hydrogen-bond acceptors (Lipinski definition) is 6. The molecule has 1 rings (SSSR count). The van der Waals surface area contributed by atoms with Gasteiger partial charge in [0.25, 0.3) is 0 Å². The Labute approximate surface area is 148 Å². The molecular weight excluding hydrogens is 343 g/mol. The van der Waals surface area contributed by atoms with Gasteiger partial charge in [-0.05, 0) is 20.8 Å². The van der Waals surface area contributed by atoms with E-state index in [0.717, 1.165) is 0 Å². The molecule has 1 atom stereocenters. The molecule has 7 heteroatoms. The van der Waals surface area contributed by atoms with E-state index in [9.17, 15) is 14.2 Å². The smallest absolute Gasteiger partial charge is 0.356 e. The summed E-state index contributed by atoms with van der Waals surface area (Å²) in [6.07, 6.45) is -0.163. The van der Waals surface area contributed by atoms with Crippen LogP contribution in [0.5, 0.6) is 0 Å². The van der Waals surface area contributed by atoms with Gasteiger partial charge in [0, 0.05) is 17.3 Å². The number of Topliss-reactive ketones (excluding diaryl/α,β-unsaturated/α-hetero) is 1. The summed E-state index contributed by atoms with van der Waals surface area (Å²) in [6, 6.07) is 8.41. The van der Waals surface area contributed by atoms with Gasteiger partial charge < -0.3 is 13.8 Å². The van der Waals surface area contributed by atoms with Gasteiger partial charge in [-0.25, -0.2) is 0 Å². The minimum absolute atomic E-state index is 0.0820. The first-order valence-corrected chi connectivity index (χ1v) is 9.77. The predicted octanol–water partition coefficient (Wildman–Crippen LogP) is 4.22. The molecule has 0 aromatic heterocycles. The summed E-state index contributed by atoms with van der Waals surface area (Å²) in [5, 5.41) is 0.0820. The standard InChI is InChI=1S/C18H25O6P/c1-5-22-18(20)16(17(19)15-11-9-8-10-12-15)13-14(4)25(21,23-6-2)24-7-3/h8-12,16H,4-7,13H2,1-3H3. The molecule has 25 heavy (non-hydrogen) atoms. The predicted molar refractivity (Wildman–Crippen MR) is 95.5 cm³/mol. The van der Waals surface area contributed by atoms with E-state index in [-0.39, 0.29) is 31.6 Å². The number of ether oxygens (including phenoxy) is 1. The van der Waals surface area contributed by atoms with Crippen LogP contribution >= 0.6 is 7.60 Å². The van der Waals surface area contributed by atoms with Crippen molar-refractivity contribution in [3.8, 4) is 0 Å². The van der Waals surface area contributed by atoms with Crippen molar-refractivity contribution >= 4 is 19.3 Å². The summed E-state index contributed by atoms with van der Waals surface area (Å²) < 4.78 is 28.2. The van der Waals surface area contributed by atoms with Crippen LogP contribution in [0.3, 0.4) is 0 Å². The Hall–Kier alpha value is -1.75. The molecule has 0 N–H and O–H groups in total. The van der Waals surface area contributed by atoms with Gasteiger partial charge in [-0.2, -0.15) is 0 Å². The van der Waals surface area contributed by atoms with Crippen molar-refractivity contribution in [2.75, 3.05) is 19.8 Å². The number of esters is 1. The van der Waals surface area contributed by atoms with Gasteiger partial charge >= 0.3 is 13.6 Å². The van der Waals surface area contributed by atoms with Crippen molar-refractivity contribution in [3.63, 3.8) is 0 Å². The minimum atomic E-state index is -3.61. The van der Waals surface area contributed by atoms with Gasteiger partial charge in [-0.1, -0.05) is 36.9 Å². The fourth-order valence-electron chi connectivity index (χ4n) is 2.24. The third-order valence-electron chi connectivity index (χ3n) is 3.37. The summed E-state index contributed by atoms with van der Waals surface area (Å²) in [4.78, 5) is 25.0. The maximum Gasteiger partial charge on any atom is 0.356 e. The lowest BCUT2D eigenvalue weighted by atomic mass is 9.94. The molecule has 1 aromatic rings. The Balaban J connectivity index is 3.08. The Morgan fingerprint density at radius 1 is 1.04 bits per heavy atom. The number of allylic oxidation sites excluding steroid dienone is 1. The third-order valence-corrected chi connectivity index (χ3v) is 5.52. The first kappa shape index (κ1) is 21.3. The zero-order valence-corrected chi connectivity index (χ0v) is 15.8. The average Bonchev–Trinajstić information content (AvgIpc) is 2.60. The molecule has 0 amide bonds. The fraction of sp³-hybridized carbons (Fsp3) is 0.444. The van der Waals surface area contributed by atoms with Gasteiger partial charge in [-0.15, -0.1) is 0 Å². The molecule has 0 aliphatic heterocycles. The lowest BCUT2D eigenvalue weighted by Crippen LogP contribution is -2.27. The number of rotatable bonds is 11. The third kappa shape index (κ3) is 5.92. The lowest BCUT2D eigenvalue weighted by molar-refractivity contribution is -0.146. The van der Waals surface area contributed by atoms with Crippen molar-refractivity contribution in [3.05, 3.63) is 47.8 Å². The average molecular weight is 368 g/mol. The number of carbonyl (C=O) groups excluding carboxylic acids is 2. The van der Waals surface area contributed by atoms with Crippen LogP contribution in [0.2, 0.25) is 0 Å². The van der Waals surface area contributed by atoms with Crippen LogP contribution in [0.4, 0.5) is 0 Å².